The number of barbiturate groups is 1. The Kier molecular flexibility index (Phi) is 3.84. The Morgan fingerprint density at radius 1 is 1.07 bits per heavy atom. The zero-order chi connectivity index (χ0) is 21.4. The van der Waals surface area contributed by atoms with Gasteiger partial charge in [-0.05, 0) is 30.9 Å². The number of rotatable bonds is 0. The quantitative estimate of drug-likeness (QED) is 0.600. The third-order valence-electron chi connectivity index (χ3n) is 6.91. The van der Waals surface area contributed by atoms with Crippen molar-refractivity contribution in [2.24, 2.45) is 11.3 Å². The highest BCUT2D eigenvalue weighted by Gasteiger charge is 2.64. The molecular weight excluding hydrogens is 386 g/mol. The Labute approximate surface area is 172 Å². The van der Waals surface area contributed by atoms with Crippen LogP contribution in [-0.2, 0) is 16.0 Å². The molecule has 0 saturated carbocycles. The zero-order valence-corrected chi connectivity index (χ0v) is 17.2. The molecular formula is C21H23N5O4. The third kappa shape index (κ3) is 2.20. The number of anilines is 1. The zero-order valence-electron chi connectivity index (χ0n) is 17.2. The van der Waals surface area contributed by atoms with Gasteiger partial charge in [-0.2, -0.15) is 0 Å². The molecule has 9 nitrogen and oxygen atoms in total. The largest absolute Gasteiger partial charge is 0.352 e. The summed E-state index contributed by atoms with van der Waals surface area (Å²) in [5.41, 5.74) is -0.916. The summed E-state index contributed by atoms with van der Waals surface area (Å²) >= 11 is 0. The Balaban J connectivity index is 1.80. The topological polar surface area (TPSA) is 95.3 Å². The van der Waals surface area contributed by atoms with E-state index in [1.165, 1.54) is 18.5 Å². The van der Waals surface area contributed by atoms with Gasteiger partial charge < -0.3 is 4.90 Å². The molecule has 3 aliphatic rings. The molecule has 9 heteroatoms. The molecule has 156 valence electrons. The van der Waals surface area contributed by atoms with E-state index < -0.39 is 29.3 Å². The first-order valence-corrected chi connectivity index (χ1v) is 10.1. The second-order valence-electron chi connectivity index (χ2n) is 8.65. The lowest BCUT2D eigenvalue weighted by Gasteiger charge is -2.54. The van der Waals surface area contributed by atoms with Gasteiger partial charge in [-0.1, -0.05) is 13.0 Å². The highest BCUT2D eigenvalue weighted by atomic mass is 16.2. The van der Waals surface area contributed by atoms with Crippen molar-refractivity contribution in [1.82, 2.24) is 19.2 Å². The molecule has 0 radical (unpaired) electrons. The molecule has 2 saturated heterocycles. The van der Waals surface area contributed by atoms with Gasteiger partial charge in [0.15, 0.2) is 5.41 Å². The van der Waals surface area contributed by atoms with Crippen molar-refractivity contribution in [1.29, 1.82) is 0 Å². The number of urea groups is 1. The van der Waals surface area contributed by atoms with Gasteiger partial charge in [-0.25, -0.2) is 9.78 Å². The van der Waals surface area contributed by atoms with E-state index in [-0.39, 0.29) is 12.0 Å². The van der Waals surface area contributed by atoms with Gasteiger partial charge in [0.25, 0.3) is 5.56 Å². The van der Waals surface area contributed by atoms with Crippen molar-refractivity contribution in [3.05, 3.63) is 40.3 Å². The van der Waals surface area contributed by atoms with Crippen LogP contribution in [0.25, 0.3) is 5.65 Å². The van der Waals surface area contributed by atoms with E-state index in [4.69, 9.17) is 4.98 Å². The summed E-state index contributed by atoms with van der Waals surface area (Å²) in [5, 5.41) is 0. The molecule has 0 unspecified atom stereocenters. The first-order valence-electron chi connectivity index (χ1n) is 10.1. The van der Waals surface area contributed by atoms with Crippen LogP contribution < -0.4 is 10.5 Å². The standard InChI is InChI=1S/C21H23N5O4/c1-12-7-9-25-14(10-12)21(18(28)23(2)20(30)24(3)19(21)29)11-13-16(25)22-15-6-4-5-8-26(15)17(13)27/h4-6,8,12,14H,7,9-11H2,1-3H3/t12-,14-/m0/s1. The molecule has 2 aromatic heterocycles. The van der Waals surface area contributed by atoms with E-state index in [0.29, 0.717) is 35.9 Å². The van der Waals surface area contributed by atoms with Crippen LogP contribution in [0, 0.1) is 11.3 Å². The number of imide groups is 2. The molecule has 0 aromatic carbocycles. The Bertz CT molecular complexity index is 1150. The van der Waals surface area contributed by atoms with Crippen LogP contribution in [-0.4, -0.2) is 63.7 Å². The molecule has 2 aromatic rings. The number of pyridine rings is 1. The number of nitrogens with zero attached hydrogens (tertiary/aromatic N) is 5. The summed E-state index contributed by atoms with van der Waals surface area (Å²) in [6, 6.07) is 4.22. The molecule has 0 aliphatic carbocycles. The van der Waals surface area contributed by atoms with Crippen LogP contribution in [0.5, 0.6) is 0 Å². The highest BCUT2D eigenvalue weighted by Crippen LogP contribution is 2.48. The lowest BCUT2D eigenvalue weighted by molar-refractivity contribution is -0.160. The predicted octanol–water partition coefficient (Wildman–Crippen LogP) is 0.892. The maximum Gasteiger partial charge on any atom is 0.332 e. The lowest BCUT2D eigenvalue weighted by Crippen LogP contribution is -2.72. The minimum Gasteiger partial charge on any atom is -0.352 e. The van der Waals surface area contributed by atoms with Crippen LogP contribution in [0.4, 0.5) is 10.6 Å². The van der Waals surface area contributed by atoms with Crippen LogP contribution in [0.1, 0.15) is 25.3 Å². The van der Waals surface area contributed by atoms with Gasteiger partial charge in [0.2, 0.25) is 11.8 Å². The summed E-state index contributed by atoms with van der Waals surface area (Å²) in [7, 11) is 2.79. The average molecular weight is 409 g/mol. The summed E-state index contributed by atoms with van der Waals surface area (Å²) < 4.78 is 1.44. The first-order chi connectivity index (χ1) is 14.3. The number of carbonyl (C=O) groups excluding carboxylic acids is 3. The average Bonchev–Trinajstić information content (AvgIpc) is 2.75. The lowest BCUT2D eigenvalue weighted by atomic mass is 9.65. The maximum absolute atomic E-state index is 13.5. The van der Waals surface area contributed by atoms with Gasteiger partial charge in [-0.3, -0.25) is 28.6 Å². The van der Waals surface area contributed by atoms with Crippen molar-refractivity contribution in [3.63, 3.8) is 0 Å². The van der Waals surface area contributed by atoms with Crippen molar-refractivity contribution in [3.8, 4) is 0 Å². The van der Waals surface area contributed by atoms with Crippen molar-refractivity contribution >= 4 is 29.3 Å². The summed E-state index contributed by atoms with van der Waals surface area (Å²) in [6.45, 7) is 2.69. The highest BCUT2D eigenvalue weighted by molar-refractivity contribution is 6.20. The Morgan fingerprint density at radius 3 is 2.47 bits per heavy atom. The Hall–Kier alpha value is -3.23. The van der Waals surface area contributed by atoms with E-state index >= 15 is 0 Å². The van der Waals surface area contributed by atoms with Crippen LogP contribution in [0.2, 0.25) is 0 Å². The molecule has 2 atom stereocenters. The van der Waals surface area contributed by atoms with Crippen molar-refractivity contribution in [2.45, 2.75) is 32.2 Å². The van der Waals surface area contributed by atoms with Gasteiger partial charge in [0.05, 0.1) is 11.6 Å². The monoisotopic (exact) mass is 409 g/mol. The molecule has 0 bridgehead atoms. The fourth-order valence-corrected chi connectivity index (χ4v) is 5.29. The number of hydrogen-bond acceptors (Lipinski definition) is 6. The van der Waals surface area contributed by atoms with Crippen molar-refractivity contribution < 1.29 is 14.4 Å². The van der Waals surface area contributed by atoms with Gasteiger partial charge >= 0.3 is 6.03 Å². The number of amides is 4. The number of hydrogen-bond donors (Lipinski definition) is 0. The van der Waals surface area contributed by atoms with E-state index in [1.807, 2.05) is 11.0 Å². The second kappa shape index (κ2) is 6.13. The summed E-state index contributed by atoms with van der Waals surface area (Å²) in [4.78, 5) is 61.5. The van der Waals surface area contributed by atoms with Gasteiger partial charge in [0, 0.05) is 33.3 Å². The third-order valence-corrected chi connectivity index (χ3v) is 6.91. The van der Waals surface area contributed by atoms with Crippen LogP contribution in [0.3, 0.4) is 0 Å². The van der Waals surface area contributed by atoms with Crippen molar-refractivity contribution in [2.75, 3.05) is 25.5 Å². The normalized spacial score (nSPS) is 25.7. The molecule has 2 fully saturated rings. The molecule has 3 aliphatic heterocycles. The molecule has 5 heterocycles. The minimum atomic E-state index is -1.51. The minimum absolute atomic E-state index is 0.0560. The summed E-state index contributed by atoms with van der Waals surface area (Å²) in [5.74, 6) is -0.220. The predicted molar refractivity (Wildman–Crippen MR) is 108 cm³/mol. The van der Waals surface area contributed by atoms with Gasteiger partial charge in [-0.15, -0.1) is 0 Å². The SMILES string of the molecule is C[C@H]1CCN2c3nc4ccccn4c(=O)c3CC3(C(=O)N(C)C(=O)N(C)C3=O)[C@@H]2C1. The van der Waals surface area contributed by atoms with Gasteiger partial charge in [0.1, 0.15) is 11.5 Å². The smallest absolute Gasteiger partial charge is 0.332 e. The molecule has 4 amide bonds. The summed E-state index contributed by atoms with van der Waals surface area (Å²) in [6.07, 6.45) is 3.06. The Morgan fingerprint density at radius 2 is 1.77 bits per heavy atom. The first kappa shape index (κ1) is 18.8. The molecule has 1 spiro atoms. The molecule has 30 heavy (non-hydrogen) atoms. The number of piperidine rings is 1. The fourth-order valence-electron chi connectivity index (χ4n) is 5.29. The van der Waals surface area contributed by atoms with E-state index in [0.717, 1.165) is 16.2 Å². The molecule has 5 rings (SSSR count). The van der Waals surface area contributed by atoms with Crippen LogP contribution >= 0.6 is 0 Å². The van der Waals surface area contributed by atoms with E-state index in [2.05, 4.69) is 6.92 Å². The van der Waals surface area contributed by atoms with E-state index in [9.17, 15) is 19.2 Å². The number of fused-ring (bicyclic) bond motifs is 5. The fraction of sp³-hybridized carbons (Fsp3) is 0.476. The second-order valence-corrected chi connectivity index (χ2v) is 8.65. The van der Waals surface area contributed by atoms with E-state index in [1.54, 1.807) is 18.3 Å². The number of aromatic nitrogens is 2. The molecule has 0 N–H and O–H groups in total. The number of carbonyl (C=O) groups is 3. The van der Waals surface area contributed by atoms with Crippen LogP contribution in [0.15, 0.2) is 29.2 Å². The maximum atomic E-state index is 13.5.